The fourth-order valence-electron chi connectivity index (χ4n) is 1.27. The van der Waals surface area contributed by atoms with Gasteiger partial charge in [-0.15, -0.1) is 0 Å². The fraction of sp³-hybridized carbons (Fsp3) is 0.429. The molecule has 1 fully saturated rings. The molecule has 1 aromatic heterocycles. The predicted octanol–water partition coefficient (Wildman–Crippen LogP) is -1.04. The van der Waals surface area contributed by atoms with Crippen molar-refractivity contribution in [3.63, 3.8) is 0 Å². The van der Waals surface area contributed by atoms with E-state index in [4.69, 9.17) is 5.11 Å². The molecular weight excluding hydrogens is 188 g/mol. The maximum absolute atomic E-state index is 11.5. The summed E-state index contributed by atoms with van der Waals surface area (Å²) < 4.78 is 0. The molecule has 2 N–H and O–H groups in total. The third kappa shape index (κ3) is 1.32. The second-order valence-corrected chi connectivity index (χ2v) is 3.10. The van der Waals surface area contributed by atoms with Gasteiger partial charge in [0.1, 0.15) is 0 Å². The summed E-state index contributed by atoms with van der Waals surface area (Å²) in [6.07, 6.45) is 1.32. The van der Waals surface area contributed by atoms with Crippen molar-refractivity contribution in [3.8, 4) is 0 Å². The first-order valence-corrected chi connectivity index (χ1v) is 4.06. The van der Waals surface area contributed by atoms with Crippen molar-refractivity contribution in [3.05, 3.63) is 11.9 Å². The van der Waals surface area contributed by atoms with E-state index < -0.39 is 11.9 Å². The molecule has 0 unspecified atom stereocenters. The van der Waals surface area contributed by atoms with Crippen LogP contribution in [0.4, 0.5) is 0 Å². The number of hydrogen-bond donors (Lipinski definition) is 2. The summed E-state index contributed by atoms with van der Waals surface area (Å²) in [5, 5.41) is 18.0. The standard InChI is InChI=1S/C7H8N4O3/c12-6(5-1-8-10-9-5)11-2-4(3-11)7(13)14/h1,4H,2-3H2,(H,13,14)(H,8,9,10). The highest BCUT2D eigenvalue weighted by Gasteiger charge is 2.36. The highest BCUT2D eigenvalue weighted by molar-refractivity contribution is 5.93. The van der Waals surface area contributed by atoms with Gasteiger partial charge in [0, 0.05) is 13.1 Å². The van der Waals surface area contributed by atoms with E-state index in [1.54, 1.807) is 0 Å². The number of rotatable bonds is 2. The number of nitrogens with zero attached hydrogens (tertiary/aromatic N) is 3. The summed E-state index contributed by atoms with van der Waals surface area (Å²) in [5.41, 5.74) is 0.217. The first-order chi connectivity index (χ1) is 6.68. The molecule has 1 amide bonds. The second-order valence-electron chi connectivity index (χ2n) is 3.10. The third-order valence-corrected chi connectivity index (χ3v) is 2.15. The number of H-pyrrole nitrogens is 1. The Bertz CT molecular complexity index is 355. The average molecular weight is 196 g/mol. The average Bonchev–Trinajstić information content (AvgIpc) is 2.51. The van der Waals surface area contributed by atoms with Gasteiger partial charge in [0.05, 0.1) is 12.1 Å². The number of aliphatic carboxylic acids is 1. The van der Waals surface area contributed by atoms with Crippen LogP contribution in [0.25, 0.3) is 0 Å². The molecule has 2 heterocycles. The normalized spacial score (nSPS) is 16.4. The van der Waals surface area contributed by atoms with E-state index in [9.17, 15) is 9.59 Å². The molecule has 14 heavy (non-hydrogen) atoms. The van der Waals surface area contributed by atoms with E-state index in [0.717, 1.165) is 0 Å². The van der Waals surface area contributed by atoms with Gasteiger partial charge in [-0.25, -0.2) is 0 Å². The van der Waals surface area contributed by atoms with E-state index in [2.05, 4.69) is 15.4 Å². The van der Waals surface area contributed by atoms with Gasteiger partial charge in [0.15, 0.2) is 5.69 Å². The number of carboxylic acids is 1. The van der Waals surface area contributed by atoms with E-state index in [-0.39, 0.29) is 24.7 Å². The molecule has 0 aromatic carbocycles. The van der Waals surface area contributed by atoms with Crippen LogP contribution in [0.2, 0.25) is 0 Å². The van der Waals surface area contributed by atoms with Crippen LogP contribution >= 0.6 is 0 Å². The summed E-state index contributed by atoms with van der Waals surface area (Å²) in [5.74, 6) is -1.59. The summed E-state index contributed by atoms with van der Waals surface area (Å²) in [4.78, 5) is 23.4. The van der Waals surface area contributed by atoms with E-state index in [1.807, 2.05) is 0 Å². The van der Waals surface area contributed by atoms with Crippen molar-refractivity contribution in [1.29, 1.82) is 0 Å². The lowest BCUT2D eigenvalue weighted by Crippen LogP contribution is -2.53. The lowest BCUT2D eigenvalue weighted by Gasteiger charge is -2.35. The summed E-state index contributed by atoms with van der Waals surface area (Å²) in [6.45, 7) is 0.502. The van der Waals surface area contributed by atoms with Crippen molar-refractivity contribution >= 4 is 11.9 Å². The molecule has 0 bridgehead atoms. The highest BCUT2D eigenvalue weighted by Crippen LogP contribution is 2.17. The lowest BCUT2D eigenvalue weighted by atomic mass is 10.0. The van der Waals surface area contributed by atoms with Crippen LogP contribution in [0.5, 0.6) is 0 Å². The van der Waals surface area contributed by atoms with Crippen LogP contribution < -0.4 is 0 Å². The molecule has 0 aliphatic carbocycles. The van der Waals surface area contributed by atoms with Crippen LogP contribution in [-0.4, -0.2) is 50.4 Å². The zero-order valence-electron chi connectivity index (χ0n) is 7.17. The Morgan fingerprint density at radius 2 is 2.29 bits per heavy atom. The number of carboxylic acid groups (broad SMARTS) is 1. The van der Waals surface area contributed by atoms with Crippen molar-refractivity contribution in [2.45, 2.75) is 0 Å². The van der Waals surface area contributed by atoms with Gasteiger partial charge in [0.25, 0.3) is 5.91 Å². The number of likely N-dealkylation sites (tertiary alicyclic amines) is 1. The number of hydrogen-bond acceptors (Lipinski definition) is 4. The molecule has 0 radical (unpaired) electrons. The van der Waals surface area contributed by atoms with Gasteiger partial charge >= 0.3 is 5.97 Å². The minimum Gasteiger partial charge on any atom is -0.481 e. The van der Waals surface area contributed by atoms with Gasteiger partial charge in [-0.1, -0.05) is 0 Å². The Balaban J connectivity index is 1.95. The molecule has 74 valence electrons. The van der Waals surface area contributed by atoms with E-state index in [1.165, 1.54) is 11.1 Å². The van der Waals surface area contributed by atoms with Crippen molar-refractivity contribution in [1.82, 2.24) is 20.3 Å². The Hall–Kier alpha value is -1.92. The Kier molecular flexibility index (Phi) is 1.91. The molecule has 1 aliphatic rings. The maximum Gasteiger partial charge on any atom is 0.310 e. The number of aromatic amines is 1. The smallest absolute Gasteiger partial charge is 0.310 e. The minimum absolute atomic E-state index is 0.217. The molecule has 0 saturated carbocycles. The molecule has 0 atom stereocenters. The summed E-state index contributed by atoms with van der Waals surface area (Å²) in [7, 11) is 0. The van der Waals surface area contributed by atoms with Gasteiger partial charge in [-0.3, -0.25) is 9.59 Å². The molecule has 7 heteroatoms. The third-order valence-electron chi connectivity index (χ3n) is 2.15. The van der Waals surface area contributed by atoms with Gasteiger partial charge < -0.3 is 10.0 Å². The number of aromatic nitrogens is 3. The first kappa shape index (κ1) is 8.67. The number of nitrogens with one attached hydrogen (secondary N) is 1. The molecule has 1 saturated heterocycles. The molecule has 1 aliphatic heterocycles. The van der Waals surface area contributed by atoms with Crippen LogP contribution in [-0.2, 0) is 4.79 Å². The number of amides is 1. The number of carbonyl (C=O) groups excluding carboxylic acids is 1. The van der Waals surface area contributed by atoms with Crippen molar-refractivity contribution in [2.75, 3.05) is 13.1 Å². The maximum atomic E-state index is 11.5. The van der Waals surface area contributed by atoms with Gasteiger partial charge in [-0.2, -0.15) is 15.4 Å². The van der Waals surface area contributed by atoms with Crippen LogP contribution in [0.15, 0.2) is 6.20 Å². The molecule has 7 nitrogen and oxygen atoms in total. The van der Waals surface area contributed by atoms with Crippen molar-refractivity contribution in [2.24, 2.45) is 5.92 Å². The topological polar surface area (TPSA) is 99.2 Å². The van der Waals surface area contributed by atoms with Gasteiger partial charge in [-0.05, 0) is 0 Å². The summed E-state index contributed by atoms with van der Waals surface area (Å²) in [6, 6.07) is 0. The van der Waals surface area contributed by atoms with Crippen LogP contribution in [0.1, 0.15) is 10.5 Å². The summed E-state index contributed by atoms with van der Waals surface area (Å²) >= 11 is 0. The first-order valence-electron chi connectivity index (χ1n) is 4.06. The lowest BCUT2D eigenvalue weighted by molar-refractivity contribution is -0.146. The van der Waals surface area contributed by atoms with E-state index in [0.29, 0.717) is 0 Å². The van der Waals surface area contributed by atoms with Crippen molar-refractivity contribution < 1.29 is 14.7 Å². The Morgan fingerprint density at radius 3 is 2.79 bits per heavy atom. The van der Waals surface area contributed by atoms with E-state index >= 15 is 0 Å². The minimum atomic E-state index is -0.866. The van der Waals surface area contributed by atoms with Crippen LogP contribution in [0.3, 0.4) is 0 Å². The predicted molar refractivity (Wildman–Crippen MR) is 43.4 cm³/mol. The zero-order valence-corrected chi connectivity index (χ0v) is 7.17. The highest BCUT2D eigenvalue weighted by atomic mass is 16.4. The molecule has 0 spiro atoms. The SMILES string of the molecule is O=C(O)C1CN(C(=O)c2cn[nH]n2)C1. The quantitative estimate of drug-likeness (QED) is 0.629. The van der Waals surface area contributed by atoms with Crippen LogP contribution in [0, 0.1) is 5.92 Å². The molecule has 2 rings (SSSR count). The fourth-order valence-corrected chi connectivity index (χ4v) is 1.27. The zero-order chi connectivity index (χ0) is 10.1. The van der Waals surface area contributed by atoms with Gasteiger partial charge in [0.2, 0.25) is 0 Å². The Morgan fingerprint density at radius 1 is 1.57 bits per heavy atom. The molecular formula is C7H8N4O3. The number of carbonyl (C=O) groups is 2. The largest absolute Gasteiger partial charge is 0.481 e. The Labute approximate surface area is 78.7 Å². The second kappa shape index (κ2) is 3.09. The monoisotopic (exact) mass is 196 g/mol. The molecule has 1 aromatic rings.